The highest BCUT2D eigenvalue weighted by atomic mass is 16.5. The molecule has 156 valence electrons. The molecule has 0 amide bonds. The Hall–Kier alpha value is -4.13. The minimum absolute atomic E-state index is 0.319. The van der Waals surface area contributed by atoms with Crippen molar-refractivity contribution in [1.29, 1.82) is 0 Å². The third-order valence-corrected chi connectivity index (χ3v) is 4.55. The highest BCUT2D eigenvalue weighted by Gasteiger charge is 2.05. The van der Waals surface area contributed by atoms with E-state index in [1.807, 2.05) is 91.3 Å². The van der Waals surface area contributed by atoms with Gasteiger partial charge in [0.25, 0.3) is 0 Å². The summed E-state index contributed by atoms with van der Waals surface area (Å²) < 4.78 is 7.67. The van der Waals surface area contributed by atoms with Crippen LogP contribution in [0.4, 0.5) is 5.69 Å². The van der Waals surface area contributed by atoms with E-state index in [1.165, 1.54) is 0 Å². The number of nitrogens with one attached hydrogen (secondary N) is 1. The fourth-order valence-corrected chi connectivity index (χ4v) is 3.12. The second-order valence-electron chi connectivity index (χ2n) is 7.13. The number of anilines is 1. The summed E-state index contributed by atoms with van der Waals surface area (Å²) in [5.41, 5.74) is 9.82. The molecule has 4 aromatic rings. The van der Waals surface area contributed by atoms with Crippen LogP contribution in [0, 0.1) is 13.8 Å². The third-order valence-electron chi connectivity index (χ3n) is 4.55. The number of aromatic nitrogens is 3. The van der Waals surface area contributed by atoms with Gasteiger partial charge in [-0.1, -0.05) is 30.3 Å². The normalized spacial score (nSPS) is 11.4. The first-order valence-electron chi connectivity index (χ1n) is 9.95. The van der Waals surface area contributed by atoms with E-state index in [1.54, 1.807) is 6.20 Å². The number of hydrogen-bond donors (Lipinski definition) is 2. The lowest BCUT2D eigenvalue weighted by Crippen LogP contribution is -2.22. The lowest BCUT2D eigenvalue weighted by Gasteiger charge is -2.09. The van der Waals surface area contributed by atoms with Crippen molar-refractivity contribution < 1.29 is 4.74 Å². The number of para-hydroxylation sites is 1. The number of nitrogens with zero attached hydrogens (tertiary/aromatic N) is 4. The number of benzene rings is 2. The van der Waals surface area contributed by atoms with Crippen molar-refractivity contribution in [1.82, 2.24) is 14.8 Å². The van der Waals surface area contributed by atoms with E-state index in [-0.39, 0.29) is 0 Å². The van der Waals surface area contributed by atoms with E-state index in [9.17, 15) is 0 Å². The van der Waals surface area contributed by atoms with Crippen LogP contribution in [0.15, 0.2) is 84.0 Å². The van der Waals surface area contributed by atoms with Crippen LogP contribution in [-0.4, -0.2) is 20.7 Å². The van der Waals surface area contributed by atoms with Gasteiger partial charge in [0.2, 0.25) is 0 Å². The fourth-order valence-electron chi connectivity index (χ4n) is 3.12. The van der Waals surface area contributed by atoms with Gasteiger partial charge in [0.15, 0.2) is 11.8 Å². The summed E-state index contributed by atoms with van der Waals surface area (Å²) in [6.45, 7) is 4.39. The maximum atomic E-state index is 6.06. The second kappa shape index (κ2) is 9.13. The van der Waals surface area contributed by atoms with Gasteiger partial charge < -0.3 is 15.8 Å². The lowest BCUT2D eigenvalue weighted by molar-refractivity contribution is 0.483. The molecular formula is C24H24N6O. The summed E-state index contributed by atoms with van der Waals surface area (Å²) in [6, 6.07) is 23.1. The molecule has 3 N–H and O–H groups in total. The first-order chi connectivity index (χ1) is 15.1. The number of hydrogen-bond acceptors (Lipinski definition) is 4. The van der Waals surface area contributed by atoms with Crippen LogP contribution in [0.25, 0.3) is 5.82 Å². The van der Waals surface area contributed by atoms with Gasteiger partial charge in [-0.15, -0.1) is 0 Å². The van der Waals surface area contributed by atoms with E-state index in [4.69, 9.17) is 10.5 Å². The SMILES string of the molecule is Cc1cc(C)n(-c2ccc(CN=C(N)Nc3cccc(Oc4ccccc4)c3)cn2)n1. The molecule has 0 fully saturated rings. The third kappa shape index (κ3) is 5.27. The summed E-state index contributed by atoms with van der Waals surface area (Å²) in [6.07, 6.45) is 1.79. The summed E-state index contributed by atoms with van der Waals surface area (Å²) in [5.74, 6) is 2.59. The number of ether oxygens (including phenoxy) is 1. The van der Waals surface area contributed by atoms with Gasteiger partial charge in [-0.3, -0.25) is 0 Å². The Morgan fingerprint density at radius 2 is 1.81 bits per heavy atom. The maximum absolute atomic E-state index is 6.06. The quantitative estimate of drug-likeness (QED) is 0.357. The summed E-state index contributed by atoms with van der Waals surface area (Å²) in [4.78, 5) is 8.90. The molecule has 7 nitrogen and oxygen atoms in total. The molecular weight excluding hydrogens is 388 g/mol. The summed E-state index contributed by atoms with van der Waals surface area (Å²) in [5, 5.41) is 7.55. The van der Waals surface area contributed by atoms with Crippen molar-refractivity contribution in [3.05, 3.63) is 95.9 Å². The topological polar surface area (TPSA) is 90.4 Å². The Balaban J connectivity index is 1.38. The summed E-state index contributed by atoms with van der Waals surface area (Å²) in [7, 11) is 0. The van der Waals surface area contributed by atoms with Crippen LogP contribution < -0.4 is 15.8 Å². The van der Waals surface area contributed by atoms with Crippen molar-refractivity contribution in [2.45, 2.75) is 20.4 Å². The predicted molar refractivity (Wildman–Crippen MR) is 123 cm³/mol. The molecule has 0 radical (unpaired) electrons. The van der Waals surface area contributed by atoms with Crippen LogP contribution in [-0.2, 0) is 6.54 Å². The smallest absolute Gasteiger partial charge is 0.193 e. The van der Waals surface area contributed by atoms with Crippen molar-refractivity contribution >= 4 is 11.6 Å². The highest BCUT2D eigenvalue weighted by molar-refractivity contribution is 5.92. The van der Waals surface area contributed by atoms with Crippen molar-refractivity contribution in [3.8, 4) is 17.3 Å². The van der Waals surface area contributed by atoms with Gasteiger partial charge >= 0.3 is 0 Å². The van der Waals surface area contributed by atoms with E-state index in [0.29, 0.717) is 18.3 Å². The van der Waals surface area contributed by atoms with Crippen LogP contribution in [0.5, 0.6) is 11.5 Å². The van der Waals surface area contributed by atoms with E-state index in [2.05, 4.69) is 20.4 Å². The zero-order chi connectivity index (χ0) is 21.6. The first kappa shape index (κ1) is 20.2. The Bertz CT molecular complexity index is 1180. The Labute approximate surface area is 181 Å². The average Bonchev–Trinajstić information content (AvgIpc) is 3.11. The molecule has 31 heavy (non-hydrogen) atoms. The number of rotatable bonds is 6. The lowest BCUT2D eigenvalue weighted by atomic mass is 10.3. The van der Waals surface area contributed by atoms with E-state index >= 15 is 0 Å². The fraction of sp³-hybridized carbons (Fsp3) is 0.125. The van der Waals surface area contributed by atoms with Crippen molar-refractivity contribution in [2.75, 3.05) is 5.32 Å². The van der Waals surface area contributed by atoms with Gasteiger partial charge in [-0.25, -0.2) is 14.7 Å². The maximum Gasteiger partial charge on any atom is 0.193 e. The molecule has 2 aromatic heterocycles. The van der Waals surface area contributed by atoms with Gasteiger partial charge in [-0.05, 0) is 55.8 Å². The standard InChI is InChI=1S/C24H24N6O/c1-17-13-18(2)30(29-17)23-12-11-19(15-26-23)16-27-24(25)28-20-7-6-10-22(14-20)31-21-8-4-3-5-9-21/h3-15H,16H2,1-2H3,(H3,25,27,28). The number of nitrogens with two attached hydrogens (primary N) is 1. The van der Waals surface area contributed by atoms with E-state index in [0.717, 1.165) is 34.2 Å². The molecule has 4 rings (SSSR count). The molecule has 0 spiro atoms. The Morgan fingerprint density at radius 3 is 2.52 bits per heavy atom. The highest BCUT2D eigenvalue weighted by Crippen LogP contribution is 2.23. The van der Waals surface area contributed by atoms with Gasteiger partial charge in [-0.2, -0.15) is 5.10 Å². The van der Waals surface area contributed by atoms with Crippen molar-refractivity contribution in [2.24, 2.45) is 10.7 Å². The predicted octanol–water partition coefficient (Wildman–Crippen LogP) is 4.60. The zero-order valence-electron chi connectivity index (χ0n) is 17.5. The van der Waals surface area contributed by atoms with Gasteiger partial charge in [0.1, 0.15) is 11.5 Å². The molecule has 7 heteroatoms. The van der Waals surface area contributed by atoms with Crippen LogP contribution in [0.1, 0.15) is 17.0 Å². The largest absolute Gasteiger partial charge is 0.457 e. The molecule has 2 heterocycles. The molecule has 0 saturated carbocycles. The number of guanidine groups is 1. The van der Waals surface area contributed by atoms with Gasteiger partial charge in [0.05, 0.1) is 12.2 Å². The molecule has 0 aliphatic heterocycles. The second-order valence-corrected chi connectivity index (χ2v) is 7.13. The molecule has 0 unspecified atom stereocenters. The van der Waals surface area contributed by atoms with Crippen LogP contribution >= 0.6 is 0 Å². The Morgan fingerprint density at radius 1 is 1.00 bits per heavy atom. The molecule has 2 aromatic carbocycles. The molecule has 0 aliphatic rings. The van der Waals surface area contributed by atoms with E-state index < -0.39 is 0 Å². The molecule has 0 atom stereocenters. The monoisotopic (exact) mass is 412 g/mol. The number of pyridine rings is 1. The van der Waals surface area contributed by atoms with Crippen molar-refractivity contribution in [3.63, 3.8) is 0 Å². The average molecular weight is 412 g/mol. The molecule has 0 aliphatic carbocycles. The Kier molecular flexibility index (Phi) is 5.93. The first-order valence-corrected chi connectivity index (χ1v) is 9.95. The minimum atomic E-state index is 0.319. The minimum Gasteiger partial charge on any atom is -0.457 e. The van der Waals surface area contributed by atoms with Crippen LogP contribution in [0.3, 0.4) is 0 Å². The number of aliphatic imine (C=N–C) groups is 1. The molecule has 0 saturated heterocycles. The summed E-state index contributed by atoms with van der Waals surface area (Å²) >= 11 is 0. The number of aryl methyl sites for hydroxylation is 2. The van der Waals surface area contributed by atoms with Gasteiger partial charge in [0, 0.05) is 23.6 Å². The zero-order valence-corrected chi connectivity index (χ0v) is 17.5. The molecule has 0 bridgehead atoms. The van der Waals surface area contributed by atoms with Crippen LogP contribution in [0.2, 0.25) is 0 Å².